The van der Waals surface area contributed by atoms with Crippen LogP contribution in [0, 0.1) is 0 Å². The largest absolute Gasteiger partial charge is 0.442 e. The highest BCUT2D eigenvalue weighted by molar-refractivity contribution is 5.69. The average Bonchev–Trinajstić information content (AvgIpc) is 2.33. The van der Waals surface area contributed by atoms with Crippen LogP contribution in [0.1, 0.15) is 13.8 Å². The van der Waals surface area contributed by atoms with Crippen LogP contribution in [0.2, 0.25) is 0 Å². The Morgan fingerprint density at radius 1 is 1.77 bits per heavy atom. The van der Waals surface area contributed by atoms with E-state index in [1.165, 1.54) is 0 Å². The van der Waals surface area contributed by atoms with Gasteiger partial charge in [0.15, 0.2) is 0 Å². The van der Waals surface area contributed by atoms with E-state index in [2.05, 4.69) is 5.32 Å². The van der Waals surface area contributed by atoms with Gasteiger partial charge in [0, 0.05) is 5.54 Å². The molecule has 1 saturated heterocycles. The van der Waals surface area contributed by atoms with Crippen molar-refractivity contribution in [2.24, 2.45) is 5.73 Å². The van der Waals surface area contributed by atoms with Crippen molar-refractivity contribution >= 4 is 6.09 Å². The second-order valence-corrected chi connectivity index (χ2v) is 3.91. The number of hydrogen-bond acceptors (Lipinski definition) is 4. The molecule has 1 fully saturated rings. The minimum absolute atomic E-state index is 0.171. The van der Waals surface area contributed by atoms with Crippen LogP contribution in [-0.2, 0) is 9.47 Å². The Kier molecular flexibility index (Phi) is 3.11. The van der Waals surface area contributed by atoms with Gasteiger partial charge < -0.3 is 20.5 Å². The predicted octanol–water partition coefficient (Wildman–Crippen LogP) is -0.151. The van der Waals surface area contributed by atoms with Crippen LogP contribution in [0.5, 0.6) is 0 Å². The van der Waals surface area contributed by atoms with E-state index >= 15 is 0 Å². The Balaban J connectivity index is 2.10. The molecule has 1 amide bonds. The predicted molar refractivity (Wildman–Crippen MR) is 47.4 cm³/mol. The molecular weight excluding hydrogens is 172 g/mol. The van der Waals surface area contributed by atoms with Crippen molar-refractivity contribution in [3.63, 3.8) is 0 Å². The molecule has 0 bridgehead atoms. The smallest absolute Gasteiger partial charge is 0.407 e. The zero-order valence-corrected chi connectivity index (χ0v) is 8.00. The maximum atomic E-state index is 10.6. The number of amides is 1. The van der Waals surface area contributed by atoms with E-state index in [1.807, 2.05) is 13.8 Å². The van der Waals surface area contributed by atoms with Crippen molar-refractivity contribution in [2.75, 3.05) is 19.8 Å². The van der Waals surface area contributed by atoms with E-state index in [4.69, 9.17) is 15.2 Å². The summed E-state index contributed by atoms with van der Waals surface area (Å²) in [4.78, 5) is 10.6. The molecule has 1 aliphatic heterocycles. The molecule has 5 nitrogen and oxygen atoms in total. The number of carbonyl (C=O) groups excluding carboxylic acids is 1. The van der Waals surface area contributed by atoms with Gasteiger partial charge >= 0.3 is 6.09 Å². The second kappa shape index (κ2) is 3.93. The molecule has 76 valence electrons. The molecule has 1 rings (SSSR count). The molecule has 1 aliphatic rings. The maximum Gasteiger partial charge on any atom is 0.407 e. The van der Waals surface area contributed by atoms with E-state index in [1.54, 1.807) is 0 Å². The van der Waals surface area contributed by atoms with Gasteiger partial charge in [-0.1, -0.05) is 0 Å². The van der Waals surface area contributed by atoms with Gasteiger partial charge in [-0.25, -0.2) is 4.79 Å². The first-order chi connectivity index (χ1) is 5.97. The number of alkyl carbamates (subject to hydrolysis) is 1. The summed E-state index contributed by atoms with van der Waals surface area (Å²) in [6.45, 7) is 5.14. The first-order valence-corrected chi connectivity index (χ1v) is 4.28. The van der Waals surface area contributed by atoms with Gasteiger partial charge in [-0.2, -0.15) is 0 Å². The third-order valence-electron chi connectivity index (χ3n) is 1.53. The molecule has 1 heterocycles. The average molecular weight is 188 g/mol. The number of nitrogens with two attached hydrogens (primary N) is 1. The minimum Gasteiger partial charge on any atom is -0.442 e. The fourth-order valence-corrected chi connectivity index (χ4v) is 0.978. The van der Waals surface area contributed by atoms with Crippen molar-refractivity contribution in [2.45, 2.75) is 25.5 Å². The highest BCUT2D eigenvalue weighted by atomic mass is 16.6. The molecule has 0 saturated carbocycles. The van der Waals surface area contributed by atoms with E-state index < -0.39 is 0 Å². The molecule has 13 heavy (non-hydrogen) atoms. The Bertz CT molecular complexity index is 188. The zero-order valence-electron chi connectivity index (χ0n) is 8.00. The lowest BCUT2D eigenvalue weighted by atomic mass is 10.1. The van der Waals surface area contributed by atoms with Crippen molar-refractivity contribution in [3.05, 3.63) is 0 Å². The molecule has 1 unspecified atom stereocenters. The van der Waals surface area contributed by atoms with Crippen LogP contribution in [0.15, 0.2) is 0 Å². The zero-order chi connectivity index (χ0) is 9.90. The van der Waals surface area contributed by atoms with E-state index in [9.17, 15) is 4.79 Å². The first kappa shape index (κ1) is 10.3. The van der Waals surface area contributed by atoms with Crippen molar-refractivity contribution in [1.29, 1.82) is 0 Å². The van der Waals surface area contributed by atoms with Crippen molar-refractivity contribution < 1.29 is 14.3 Å². The van der Waals surface area contributed by atoms with Crippen LogP contribution in [0.3, 0.4) is 0 Å². The van der Waals surface area contributed by atoms with Crippen LogP contribution in [0.25, 0.3) is 0 Å². The summed E-state index contributed by atoms with van der Waals surface area (Å²) in [5, 5.41) is 2.54. The number of rotatable bonds is 4. The standard InChI is InChI=1S/C8H16N2O3/c1-8(2,9)5-12-4-6-3-10-7(11)13-6/h6H,3-5,9H2,1-2H3,(H,10,11). The van der Waals surface area contributed by atoms with Gasteiger partial charge in [-0.05, 0) is 13.8 Å². The quantitative estimate of drug-likeness (QED) is 0.643. The Morgan fingerprint density at radius 2 is 2.46 bits per heavy atom. The van der Waals surface area contributed by atoms with E-state index in [-0.39, 0.29) is 17.7 Å². The summed E-state index contributed by atoms with van der Waals surface area (Å²) in [6.07, 6.45) is -0.546. The molecule has 1 atom stereocenters. The summed E-state index contributed by atoms with van der Waals surface area (Å²) >= 11 is 0. The summed E-state index contributed by atoms with van der Waals surface area (Å²) in [5.74, 6) is 0. The van der Waals surface area contributed by atoms with Crippen LogP contribution in [-0.4, -0.2) is 37.5 Å². The lowest BCUT2D eigenvalue weighted by Crippen LogP contribution is -2.38. The maximum absolute atomic E-state index is 10.6. The second-order valence-electron chi connectivity index (χ2n) is 3.91. The number of nitrogens with one attached hydrogen (secondary N) is 1. The van der Waals surface area contributed by atoms with E-state index in [0.717, 1.165) is 0 Å². The fourth-order valence-electron chi connectivity index (χ4n) is 0.978. The summed E-state index contributed by atoms with van der Waals surface area (Å²) in [5.41, 5.74) is 5.36. The van der Waals surface area contributed by atoms with Gasteiger partial charge in [0.2, 0.25) is 0 Å². The van der Waals surface area contributed by atoms with Crippen molar-refractivity contribution in [3.8, 4) is 0 Å². The lowest BCUT2D eigenvalue weighted by Gasteiger charge is -2.19. The van der Waals surface area contributed by atoms with Gasteiger partial charge in [0.05, 0.1) is 19.8 Å². The number of cyclic esters (lactones) is 1. The van der Waals surface area contributed by atoms with E-state index in [0.29, 0.717) is 19.8 Å². The Morgan fingerprint density at radius 3 is 2.92 bits per heavy atom. The fraction of sp³-hybridized carbons (Fsp3) is 0.875. The van der Waals surface area contributed by atoms with Crippen molar-refractivity contribution in [1.82, 2.24) is 5.32 Å². The molecule has 0 aromatic rings. The molecule has 0 spiro atoms. The highest BCUT2D eigenvalue weighted by Crippen LogP contribution is 2.03. The summed E-state index contributed by atoms with van der Waals surface area (Å²) in [6, 6.07) is 0. The minimum atomic E-state index is -0.374. The molecule has 5 heteroatoms. The number of ether oxygens (including phenoxy) is 2. The highest BCUT2D eigenvalue weighted by Gasteiger charge is 2.23. The van der Waals surface area contributed by atoms with Gasteiger partial charge in [-0.3, -0.25) is 0 Å². The van der Waals surface area contributed by atoms with Crippen LogP contribution >= 0.6 is 0 Å². The molecule has 0 aromatic heterocycles. The molecule has 0 aromatic carbocycles. The summed E-state index contributed by atoms with van der Waals surface area (Å²) in [7, 11) is 0. The van der Waals surface area contributed by atoms with Crippen LogP contribution in [0.4, 0.5) is 4.79 Å². The van der Waals surface area contributed by atoms with Gasteiger partial charge in [0.1, 0.15) is 6.10 Å². The molecule has 3 N–H and O–H groups in total. The van der Waals surface area contributed by atoms with Gasteiger partial charge in [-0.15, -0.1) is 0 Å². The molecular formula is C8H16N2O3. The summed E-state index contributed by atoms with van der Waals surface area (Å²) < 4.78 is 10.1. The number of carbonyl (C=O) groups is 1. The monoisotopic (exact) mass is 188 g/mol. The first-order valence-electron chi connectivity index (χ1n) is 4.28. The Labute approximate surface area is 77.6 Å². The van der Waals surface area contributed by atoms with Crippen LogP contribution < -0.4 is 11.1 Å². The normalized spacial score (nSPS) is 22.7. The Hall–Kier alpha value is -0.810. The van der Waals surface area contributed by atoms with Gasteiger partial charge in [0.25, 0.3) is 0 Å². The third-order valence-corrected chi connectivity index (χ3v) is 1.53. The third kappa shape index (κ3) is 4.10. The number of hydrogen-bond donors (Lipinski definition) is 2. The molecule has 0 aliphatic carbocycles. The SMILES string of the molecule is CC(C)(N)COCC1CNC(=O)O1. The lowest BCUT2D eigenvalue weighted by molar-refractivity contribution is 0.0295. The molecule has 0 radical (unpaired) electrons. The topological polar surface area (TPSA) is 73.6 Å².